The Labute approximate surface area is 131 Å². The molecular weight excluding hydrogens is 306 g/mol. The zero-order valence-electron chi connectivity index (χ0n) is 13.0. The molecule has 0 aliphatic carbocycles. The van der Waals surface area contributed by atoms with E-state index in [0.717, 1.165) is 0 Å². The van der Waals surface area contributed by atoms with Crippen molar-refractivity contribution in [3.05, 3.63) is 18.2 Å². The van der Waals surface area contributed by atoms with Crippen molar-refractivity contribution in [2.75, 3.05) is 33.0 Å². The minimum absolute atomic E-state index is 0.180. The van der Waals surface area contributed by atoms with E-state index in [-0.39, 0.29) is 4.90 Å². The van der Waals surface area contributed by atoms with Gasteiger partial charge in [0.1, 0.15) is 13.2 Å². The molecule has 1 aromatic rings. The van der Waals surface area contributed by atoms with Gasteiger partial charge in [-0.3, -0.25) is 0 Å². The van der Waals surface area contributed by atoms with Crippen LogP contribution in [0.4, 0.5) is 0 Å². The van der Waals surface area contributed by atoms with Crippen molar-refractivity contribution < 1.29 is 22.6 Å². The molecule has 7 heteroatoms. The lowest BCUT2D eigenvalue weighted by molar-refractivity contribution is 0.108. The van der Waals surface area contributed by atoms with Crippen LogP contribution in [0.15, 0.2) is 23.1 Å². The van der Waals surface area contributed by atoms with Crippen LogP contribution in [0.5, 0.6) is 11.5 Å². The third-order valence-corrected chi connectivity index (χ3v) is 4.49. The molecule has 1 aliphatic rings. The van der Waals surface area contributed by atoms with Gasteiger partial charge < -0.3 is 14.2 Å². The van der Waals surface area contributed by atoms with Gasteiger partial charge >= 0.3 is 0 Å². The van der Waals surface area contributed by atoms with Gasteiger partial charge in [-0.05, 0) is 24.5 Å². The van der Waals surface area contributed by atoms with E-state index < -0.39 is 10.0 Å². The summed E-state index contributed by atoms with van der Waals surface area (Å²) in [4.78, 5) is 0.180. The SMILES string of the molecule is CC(C)COCCCNS(=O)(=O)c1ccc2c(c1)OCCO2. The molecule has 0 radical (unpaired) electrons. The molecule has 0 spiro atoms. The van der Waals surface area contributed by atoms with Crippen molar-refractivity contribution in [1.29, 1.82) is 0 Å². The third-order valence-electron chi connectivity index (χ3n) is 3.03. The van der Waals surface area contributed by atoms with Crippen molar-refractivity contribution in [3.8, 4) is 11.5 Å². The summed E-state index contributed by atoms with van der Waals surface area (Å²) in [6.45, 7) is 6.63. The maximum atomic E-state index is 12.2. The van der Waals surface area contributed by atoms with Crippen LogP contribution in [-0.4, -0.2) is 41.4 Å². The Morgan fingerprint density at radius 3 is 2.68 bits per heavy atom. The van der Waals surface area contributed by atoms with Gasteiger partial charge in [-0.25, -0.2) is 13.1 Å². The Balaban J connectivity index is 1.85. The maximum absolute atomic E-state index is 12.2. The predicted molar refractivity (Wildman–Crippen MR) is 82.9 cm³/mol. The van der Waals surface area contributed by atoms with Crippen molar-refractivity contribution in [3.63, 3.8) is 0 Å². The Bertz CT molecular complexity index is 586. The highest BCUT2D eigenvalue weighted by Gasteiger charge is 2.18. The zero-order chi connectivity index (χ0) is 16.0. The highest BCUT2D eigenvalue weighted by molar-refractivity contribution is 7.89. The lowest BCUT2D eigenvalue weighted by Crippen LogP contribution is -2.26. The summed E-state index contributed by atoms with van der Waals surface area (Å²) in [7, 11) is -3.54. The lowest BCUT2D eigenvalue weighted by atomic mass is 10.2. The number of hydrogen-bond acceptors (Lipinski definition) is 5. The number of ether oxygens (including phenoxy) is 3. The van der Waals surface area contributed by atoms with Gasteiger partial charge in [-0.15, -0.1) is 0 Å². The van der Waals surface area contributed by atoms with E-state index in [1.165, 1.54) is 12.1 Å². The molecule has 0 saturated carbocycles. The Hall–Kier alpha value is -1.31. The number of hydrogen-bond donors (Lipinski definition) is 1. The fourth-order valence-corrected chi connectivity index (χ4v) is 3.06. The average Bonchev–Trinajstić information content (AvgIpc) is 2.50. The minimum atomic E-state index is -3.54. The first-order valence-corrected chi connectivity index (χ1v) is 8.94. The van der Waals surface area contributed by atoms with Crippen LogP contribution >= 0.6 is 0 Å². The molecule has 0 atom stereocenters. The smallest absolute Gasteiger partial charge is 0.240 e. The van der Waals surface area contributed by atoms with Crippen LogP contribution in [0.25, 0.3) is 0 Å². The monoisotopic (exact) mass is 329 g/mol. The first kappa shape index (κ1) is 17.1. The molecule has 0 saturated heterocycles. The van der Waals surface area contributed by atoms with Crippen LogP contribution in [0.1, 0.15) is 20.3 Å². The highest BCUT2D eigenvalue weighted by atomic mass is 32.2. The summed E-state index contributed by atoms with van der Waals surface area (Å²) in [5, 5.41) is 0. The first-order chi connectivity index (χ1) is 10.5. The summed E-state index contributed by atoms with van der Waals surface area (Å²) in [5.74, 6) is 1.52. The Morgan fingerprint density at radius 2 is 1.95 bits per heavy atom. The lowest BCUT2D eigenvalue weighted by Gasteiger charge is -2.18. The van der Waals surface area contributed by atoms with E-state index in [2.05, 4.69) is 18.6 Å². The van der Waals surface area contributed by atoms with Crippen molar-refractivity contribution >= 4 is 10.0 Å². The molecule has 0 aromatic heterocycles. The second kappa shape index (κ2) is 7.80. The predicted octanol–water partition coefficient (Wildman–Crippen LogP) is 1.80. The molecule has 22 heavy (non-hydrogen) atoms. The van der Waals surface area contributed by atoms with E-state index >= 15 is 0 Å². The standard InChI is InChI=1S/C15H23NO5S/c1-12(2)11-19-7-3-6-16-22(17,18)13-4-5-14-15(10-13)21-9-8-20-14/h4-5,10,12,16H,3,6-9,11H2,1-2H3. The zero-order valence-corrected chi connectivity index (χ0v) is 13.8. The molecule has 6 nitrogen and oxygen atoms in total. The van der Waals surface area contributed by atoms with Gasteiger partial charge in [0.25, 0.3) is 0 Å². The van der Waals surface area contributed by atoms with Gasteiger partial charge in [0.2, 0.25) is 10.0 Å². The van der Waals surface area contributed by atoms with Crippen LogP contribution in [-0.2, 0) is 14.8 Å². The molecule has 0 bridgehead atoms. The van der Waals surface area contributed by atoms with E-state index in [1.54, 1.807) is 6.07 Å². The summed E-state index contributed by atoms with van der Waals surface area (Å²) in [6, 6.07) is 4.63. The van der Waals surface area contributed by atoms with Crippen molar-refractivity contribution in [1.82, 2.24) is 4.72 Å². The van der Waals surface area contributed by atoms with Gasteiger partial charge in [0.05, 0.1) is 4.90 Å². The van der Waals surface area contributed by atoms with E-state index in [0.29, 0.717) is 56.8 Å². The highest BCUT2D eigenvalue weighted by Crippen LogP contribution is 2.32. The largest absolute Gasteiger partial charge is 0.486 e. The molecule has 0 amide bonds. The van der Waals surface area contributed by atoms with E-state index in [4.69, 9.17) is 14.2 Å². The van der Waals surface area contributed by atoms with Gasteiger partial charge in [0, 0.05) is 25.8 Å². The number of benzene rings is 1. The molecule has 0 fully saturated rings. The number of sulfonamides is 1. The fourth-order valence-electron chi connectivity index (χ4n) is 1.97. The van der Waals surface area contributed by atoms with E-state index in [1.807, 2.05) is 0 Å². The topological polar surface area (TPSA) is 73.9 Å². The normalized spacial score (nSPS) is 14.3. The van der Waals surface area contributed by atoms with Crippen LogP contribution in [0.3, 0.4) is 0 Å². The second-order valence-corrected chi connectivity index (χ2v) is 7.29. The van der Waals surface area contributed by atoms with Crippen molar-refractivity contribution in [2.24, 2.45) is 5.92 Å². The number of nitrogens with one attached hydrogen (secondary N) is 1. The third kappa shape index (κ3) is 4.86. The Kier molecular flexibility index (Phi) is 6.05. The summed E-state index contributed by atoms with van der Waals surface area (Å²) in [5.41, 5.74) is 0. The van der Waals surface area contributed by atoms with Crippen LogP contribution in [0.2, 0.25) is 0 Å². The minimum Gasteiger partial charge on any atom is -0.486 e. The maximum Gasteiger partial charge on any atom is 0.240 e. The van der Waals surface area contributed by atoms with Gasteiger partial charge in [-0.2, -0.15) is 0 Å². The first-order valence-electron chi connectivity index (χ1n) is 7.46. The molecule has 0 unspecified atom stereocenters. The van der Waals surface area contributed by atoms with Crippen LogP contribution < -0.4 is 14.2 Å². The number of rotatable bonds is 8. The second-order valence-electron chi connectivity index (χ2n) is 5.53. The molecule has 2 rings (SSSR count). The summed E-state index contributed by atoms with van der Waals surface area (Å²) in [6.07, 6.45) is 0.635. The molecular formula is C15H23NO5S. The van der Waals surface area contributed by atoms with Crippen molar-refractivity contribution in [2.45, 2.75) is 25.2 Å². The van der Waals surface area contributed by atoms with Crippen LogP contribution in [0, 0.1) is 5.92 Å². The molecule has 1 aromatic carbocycles. The molecule has 1 heterocycles. The van der Waals surface area contributed by atoms with E-state index in [9.17, 15) is 8.42 Å². The summed E-state index contributed by atoms with van der Waals surface area (Å²) >= 11 is 0. The summed E-state index contributed by atoms with van der Waals surface area (Å²) < 4.78 is 43.2. The Morgan fingerprint density at radius 1 is 1.23 bits per heavy atom. The molecule has 1 N–H and O–H groups in total. The van der Waals surface area contributed by atoms with Gasteiger partial charge in [-0.1, -0.05) is 13.8 Å². The number of fused-ring (bicyclic) bond motifs is 1. The molecule has 124 valence electrons. The average molecular weight is 329 g/mol. The fraction of sp³-hybridized carbons (Fsp3) is 0.600. The van der Waals surface area contributed by atoms with Gasteiger partial charge in [0.15, 0.2) is 11.5 Å². The quantitative estimate of drug-likeness (QED) is 0.736. The molecule has 1 aliphatic heterocycles.